The van der Waals surface area contributed by atoms with E-state index in [0.717, 1.165) is 16.7 Å². The minimum absolute atomic E-state index is 0.0672. The second-order valence-electron chi connectivity index (χ2n) is 8.04. The lowest BCUT2D eigenvalue weighted by Gasteiger charge is -2.15. The number of rotatable bonds is 8. The predicted molar refractivity (Wildman–Crippen MR) is 141 cm³/mol. The van der Waals surface area contributed by atoms with Crippen LogP contribution >= 0.6 is 11.8 Å². The van der Waals surface area contributed by atoms with Crippen LogP contribution in [0.4, 0.5) is 21.5 Å². The fraction of sp³-hybridized carbons (Fsp3) is 0.0357. The first-order valence-corrected chi connectivity index (χ1v) is 12.2. The number of benzene rings is 3. The van der Waals surface area contributed by atoms with Crippen LogP contribution in [-0.4, -0.2) is 24.8 Å². The second-order valence-corrected chi connectivity index (χ2v) is 9.12. The van der Waals surface area contributed by atoms with Crippen molar-refractivity contribution in [3.8, 4) is 5.75 Å². The lowest BCUT2D eigenvalue weighted by Crippen LogP contribution is -2.32. The van der Waals surface area contributed by atoms with Crippen LogP contribution < -0.4 is 20.3 Å². The summed E-state index contributed by atoms with van der Waals surface area (Å²) in [6.45, 7) is 0. The molecule has 3 aromatic carbocycles. The molecule has 1 aromatic heterocycles. The molecule has 0 aliphatic carbocycles. The molecule has 10 heteroatoms. The average molecular weight is 530 g/mol. The zero-order valence-electron chi connectivity index (χ0n) is 19.9. The molecule has 0 radical (unpaired) electrons. The van der Waals surface area contributed by atoms with E-state index in [1.807, 2.05) is 0 Å². The fourth-order valence-electron chi connectivity index (χ4n) is 3.68. The number of nitrogens with one attached hydrogen (secondary N) is 2. The molecule has 2 heterocycles. The highest BCUT2D eigenvalue weighted by atomic mass is 32.2. The van der Waals surface area contributed by atoms with Crippen molar-refractivity contribution in [1.29, 1.82) is 0 Å². The Kier molecular flexibility index (Phi) is 6.96. The molecule has 3 amide bonds. The van der Waals surface area contributed by atoms with E-state index in [4.69, 9.17) is 9.15 Å². The molecule has 0 saturated heterocycles. The van der Waals surface area contributed by atoms with Gasteiger partial charge in [-0.3, -0.25) is 14.4 Å². The summed E-state index contributed by atoms with van der Waals surface area (Å²) in [7, 11) is 1.52. The molecule has 8 nitrogen and oxygen atoms in total. The summed E-state index contributed by atoms with van der Waals surface area (Å²) in [5, 5.41) is 5.71. The summed E-state index contributed by atoms with van der Waals surface area (Å²) in [5.74, 6) is -1.11. The molecule has 1 aliphatic rings. The molecule has 2 N–H and O–H groups in total. The van der Waals surface area contributed by atoms with Crippen molar-refractivity contribution in [2.75, 3.05) is 22.6 Å². The highest BCUT2D eigenvalue weighted by Gasteiger charge is 2.40. The predicted octanol–water partition coefficient (Wildman–Crippen LogP) is 5.67. The Labute approximate surface area is 221 Å². The molecular weight excluding hydrogens is 509 g/mol. The zero-order valence-corrected chi connectivity index (χ0v) is 20.8. The Morgan fingerprint density at radius 3 is 2.21 bits per heavy atom. The number of carbonyl (C=O) groups excluding carboxylic acids is 3. The number of nitrogens with zero attached hydrogens (tertiary/aromatic N) is 1. The SMILES string of the molecule is COc1ccc(N2C(=O)C(Nc3ccc(F)cc3)=C(Sc3ccc(NC(=O)c4ccco4)cc3)C2=O)cc1. The number of imide groups is 1. The Bertz CT molecular complexity index is 1520. The van der Waals surface area contributed by atoms with Crippen molar-refractivity contribution in [3.05, 3.63) is 113 Å². The van der Waals surface area contributed by atoms with Gasteiger partial charge in [0.1, 0.15) is 22.2 Å². The standard InChI is InChI=1S/C28H20FN3O5S/c1-36-21-12-10-20(11-13-21)32-27(34)24(30-18-6-4-17(29)5-7-18)25(28(32)35)38-22-14-8-19(9-15-22)31-26(33)23-3-2-16-37-23/h2-16,30H,1H3,(H,31,33). The van der Waals surface area contributed by atoms with Crippen molar-refractivity contribution in [2.24, 2.45) is 0 Å². The van der Waals surface area contributed by atoms with E-state index in [9.17, 15) is 18.8 Å². The lowest BCUT2D eigenvalue weighted by atomic mass is 10.2. The maximum atomic E-state index is 13.5. The minimum Gasteiger partial charge on any atom is -0.497 e. The van der Waals surface area contributed by atoms with Gasteiger partial charge in [-0.2, -0.15) is 0 Å². The molecule has 1 aliphatic heterocycles. The number of furan rings is 1. The van der Waals surface area contributed by atoms with Crippen LogP contribution in [0.3, 0.4) is 0 Å². The molecule has 0 bridgehead atoms. The first kappa shape index (κ1) is 24.8. The first-order chi connectivity index (χ1) is 18.4. The molecule has 190 valence electrons. The lowest BCUT2D eigenvalue weighted by molar-refractivity contribution is -0.120. The quantitative estimate of drug-likeness (QED) is 0.284. The molecule has 0 unspecified atom stereocenters. The van der Waals surface area contributed by atoms with Gasteiger partial charge in [0.25, 0.3) is 17.7 Å². The molecule has 0 atom stereocenters. The van der Waals surface area contributed by atoms with Gasteiger partial charge >= 0.3 is 0 Å². The number of ether oxygens (including phenoxy) is 1. The topological polar surface area (TPSA) is 101 Å². The van der Waals surface area contributed by atoms with E-state index >= 15 is 0 Å². The summed E-state index contributed by atoms with van der Waals surface area (Å²) in [5.41, 5.74) is 1.43. The highest BCUT2D eigenvalue weighted by Crippen LogP contribution is 2.38. The first-order valence-electron chi connectivity index (χ1n) is 11.4. The number of hydrogen-bond donors (Lipinski definition) is 2. The number of thioether (sulfide) groups is 1. The van der Waals surface area contributed by atoms with Crippen LogP contribution in [0.25, 0.3) is 0 Å². The van der Waals surface area contributed by atoms with Crippen molar-refractivity contribution in [1.82, 2.24) is 0 Å². The summed E-state index contributed by atoms with van der Waals surface area (Å²) in [6.07, 6.45) is 1.41. The van der Waals surface area contributed by atoms with Crippen molar-refractivity contribution < 1.29 is 27.9 Å². The van der Waals surface area contributed by atoms with Crippen molar-refractivity contribution in [3.63, 3.8) is 0 Å². The molecule has 38 heavy (non-hydrogen) atoms. The molecule has 4 aromatic rings. The van der Waals surface area contributed by atoms with Gasteiger partial charge in [0.15, 0.2) is 5.76 Å². The molecule has 5 rings (SSSR count). The summed E-state index contributed by atoms with van der Waals surface area (Å²) >= 11 is 1.10. The smallest absolute Gasteiger partial charge is 0.291 e. The van der Waals surface area contributed by atoms with E-state index in [1.54, 1.807) is 60.7 Å². The van der Waals surface area contributed by atoms with Crippen LogP contribution in [0.5, 0.6) is 5.75 Å². The van der Waals surface area contributed by atoms with Crippen LogP contribution in [0.2, 0.25) is 0 Å². The highest BCUT2D eigenvalue weighted by molar-refractivity contribution is 8.04. The van der Waals surface area contributed by atoms with E-state index in [2.05, 4.69) is 10.6 Å². The normalized spacial score (nSPS) is 13.2. The number of methoxy groups -OCH3 is 1. The summed E-state index contributed by atoms with van der Waals surface area (Å²) in [6, 6.07) is 22.0. The maximum Gasteiger partial charge on any atom is 0.291 e. The van der Waals surface area contributed by atoms with Crippen LogP contribution in [0.15, 0.2) is 111 Å². The van der Waals surface area contributed by atoms with Gasteiger partial charge in [0, 0.05) is 16.3 Å². The summed E-state index contributed by atoms with van der Waals surface area (Å²) in [4.78, 5) is 41.1. The van der Waals surface area contributed by atoms with E-state index in [0.29, 0.717) is 27.7 Å². The zero-order chi connectivity index (χ0) is 26.6. The Morgan fingerprint density at radius 2 is 1.58 bits per heavy atom. The molecule has 0 saturated carbocycles. The largest absolute Gasteiger partial charge is 0.497 e. The van der Waals surface area contributed by atoms with E-state index < -0.39 is 23.5 Å². The molecule has 0 fully saturated rings. The van der Waals surface area contributed by atoms with Gasteiger partial charge in [-0.1, -0.05) is 11.8 Å². The van der Waals surface area contributed by atoms with Gasteiger partial charge in [-0.15, -0.1) is 0 Å². The molecular formula is C28H20FN3O5S. The summed E-state index contributed by atoms with van der Waals surface area (Å²) < 4.78 is 23.7. The Morgan fingerprint density at radius 1 is 0.895 bits per heavy atom. The number of anilines is 3. The third-order valence-corrected chi connectivity index (χ3v) is 6.65. The van der Waals surface area contributed by atoms with Crippen LogP contribution in [-0.2, 0) is 9.59 Å². The third kappa shape index (κ3) is 5.16. The van der Waals surface area contributed by atoms with Gasteiger partial charge < -0.3 is 19.8 Å². The van der Waals surface area contributed by atoms with Gasteiger partial charge in [0.05, 0.1) is 19.1 Å². The van der Waals surface area contributed by atoms with Gasteiger partial charge in [-0.05, 0) is 84.9 Å². The van der Waals surface area contributed by atoms with E-state index in [-0.39, 0.29) is 16.4 Å². The average Bonchev–Trinajstić information content (AvgIpc) is 3.55. The Balaban J connectivity index is 1.42. The van der Waals surface area contributed by atoms with Gasteiger partial charge in [-0.25, -0.2) is 9.29 Å². The molecule has 0 spiro atoms. The third-order valence-electron chi connectivity index (χ3n) is 5.56. The Hall–Kier alpha value is -4.83. The van der Waals surface area contributed by atoms with Crippen LogP contribution in [0.1, 0.15) is 10.6 Å². The number of hydrogen-bond acceptors (Lipinski definition) is 7. The number of halogens is 1. The minimum atomic E-state index is -0.547. The van der Waals surface area contributed by atoms with Crippen molar-refractivity contribution in [2.45, 2.75) is 4.90 Å². The maximum absolute atomic E-state index is 13.5. The van der Waals surface area contributed by atoms with E-state index in [1.165, 1.54) is 37.6 Å². The second kappa shape index (κ2) is 10.7. The van der Waals surface area contributed by atoms with Crippen LogP contribution in [0, 0.1) is 5.82 Å². The fourth-order valence-corrected chi connectivity index (χ4v) is 4.61. The monoisotopic (exact) mass is 529 g/mol. The van der Waals surface area contributed by atoms with Crippen molar-refractivity contribution >= 4 is 46.5 Å². The van der Waals surface area contributed by atoms with Gasteiger partial charge in [0.2, 0.25) is 0 Å². The number of carbonyl (C=O) groups is 3. The number of amides is 3.